The van der Waals surface area contributed by atoms with Crippen LogP contribution < -0.4 is 4.74 Å². The summed E-state index contributed by atoms with van der Waals surface area (Å²) < 4.78 is 8.24. The molecule has 1 aliphatic heterocycles. The van der Waals surface area contributed by atoms with Gasteiger partial charge < -0.3 is 9.14 Å². The summed E-state index contributed by atoms with van der Waals surface area (Å²) in [6.45, 7) is 9.07. The summed E-state index contributed by atoms with van der Waals surface area (Å²) in [7, 11) is 0. The van der Waals surface area contributed by atoms with Crippen LogP contribution >= 0.6 is 0 Å². The molecule has 0 atom stereocenters. The Labute approximate surface area is 155 Å². The summed E-state index contributed by atoms with van der Waals surface area (Å²) in [6, 6.07) is 12.7. The molecule has 26 heavy (non-hydrogen) atoms. The smallest absolute Gasteiger partial charge is 0.137 e. The number of nitrogens with zero attached hydrogens (tertiary/aromatic N) is 3. The van der Waals surface area contributed by atoms with Crippen LogP contribution in [0.1, 0.15) is 33.6 Å². The lowest BCUT2D eigenvalue weighted by atomic mass is 9.99. The van der Waals surface area contributed by atoms with Gasteiger partial charge in [0.15, 0.2) is 0 Å². The molecule has 136 valence electrons. The predicted octanol–water partition coefficient (Wildman–Crippen LogP) is 4.64. The second-order valence-corrected chi connectivity index (χ2v) is 8.11. The monoisotopic (exact) mass is 349 g/mol. The van der Waals surface area contributed by atoms with E-state index in [1.165, 1.54) is 11.1 Å². The summed E-state index contributed by atoms with van der Waals surface area (Å²) >= 11 is 0. The second-order valence-electron chi connectivity index (χ2n) is 8.11. The van der Waals surface area contributed by atoms with E-state index in [9.17, 15) is 0 Å². The number of fused-ring (bicyclic) bond motifs is 1. The molecule has 1 fully saturated rings. The number of rotatable bonds is 3. The van der Waals surface area contributed by atoms with Crippen LogP contribution in [0.25, 0.3) is 16.8 Å². The summed E-state index contributed by atoms with van der Waals surface area (Å²) in [5.74, 6) is 0.963. The lowest BCUT2D eigenvalue weighted by Crippen LogP contribution is -2.48. The SMILES string of the molecule is CC(C)(C)N1CCC(Oc2ccc(-c3ccn4ccnc4c3)cc2)CC1. The average molecular weight is 349 g/mol. The zero-order chi connectivity index (χ0) is 18.1. The van der Waals surface area contributed by atoms with E-state index >= 15 is 0 Å². The van der Waals surface area contributed by atoms with Crippen molar-refractivity contribution in [1.82, 2.24) is 14.3 Å². The fourth-order valence-corrected chi connectivity index (χ4v) is 3.65. The topological polar surface area (TPSA) is 29.8 Å². The number of imidazole rings is 1. The Morgan fingerprint density at radius 1 is 0.962 bits per heavy atom. The molecular weight excluding hydrogens is 322 g/mol. The molecule has 0 radical (unpaired) electrons. The first-order valence-electron chi connectivity index (χ1n) is 9.44. The van der Waals surface area contributed by atoms with E-state index in [1.54, 1.807) is 0 Å². The lowest BCUT2D eigenvalue weighted by molar-refractivity contribution is 0.0491. The Balaban J connectivity index is 1.40. The molecule has 4 nitrogen and oxygen atoms in total. The molecule has 0 aliphatic carbocycles. The summed E-state index contributed by atoms with van der Waals surface area (Å²) in [5, 5.41) is 0. The molecule has 0 spiro atoms. The van der Waals surface area contributed by atoms with Gasteiger partial charge in [-0.15, -0.1) is 0 Å². The second kappa shape index (κ2) is 6.76. The Kier molecular flexibility index (Phi) is 4.45. The van der Waals surface area contributed by atoms with Crippen molar-refractivity contribution in [1.29, 1.82) is 0 Å². The molecule has 0 amide bonds. The maximum Gasteiger partial charge on any atom is 0.137 e. The number of hydrogen-bond acceptors (Lipinski definition) is 3. The van der Waals surface area contributed by atoms with Crippen LogP contribution in [0.2, 0.25) is 0 Å². The molecule has 3 heterocycles. The maximum atomic E-state index is 6.22. The molecule has 0 saturated carbocycles. The van der Waals surface area contributed by atoms with Gasteiger partial charge in [0.25, 0.3) is 0 Å². The summed E-state index contributed by atoms with van der Waals surface area (Å²) in [4.78, 5) is 6.90. The first-order valence-corrected chi connectivity index (χ1v) is 9.44. The van der Waals surface area contributed by atoms with Gasteiger partial charge in [0, 0.05) is 37.2 Å². The van der Waals surface area contributed by atoms with Gasteiger partial charge in [-0.2, -0.15) is 0 Å². The number of benzene rings is 1. The zero-order valence-corrected chi connectivity index (χ0v) is 15.9. The Bertz CT molecular complexity index is 868. The fraction of sp³-hybridized carbons (Fsp3) is 0.409. The van der Waals surface area contributed by atoms with E-state index in [2.05, 4.69) is 67.1 Å². The van der Waals surface area contributed by atoms with Gasteiger partial charge in [-0.1, -0.05) is 12.1 Å². The first-order chi connectivity index (χ1) is 12.5. The van der Waals surface area contributed by atoms with Gasteiger partial charge in [-0.3, -0.25) is 4.90 Å². The molecule has 3 aromatic rings. The highest BCUT2D eigenvalue weighted by Crippen LogP contribution is 2.26. The van der Waals surface area contributed by atoms with Crippen molar-refractivity contribution in [3.8, 4) is 16.9 Å². The van der Waals surface area contributed by atoms with Gasteiger partial charge in [0.05, 0.1) is 0 Å². The molecule has 0 unspecified atom stereocenters. The van der Waals surface area contributed by atoms with E-state index < -0.39 is 0 Å². The molecule has 0 N–H and O–H groups in total. The van der Waals surface area contributed by atoms with Crippen molar-refractivity contribution in [3.05, 3.63) is 55.0 Å². The van der Waals surface area contributed by atoms with Crippen LogP contribution in [0, 0.1) is 0 Å². The zero-order valence-electron chi connectivity index (χ0n) is 15.9. The first kappa shape index (κ1) is 17.1. The highest BCUT2D eigenvalue weighted by molar-refractivity contribution is 5.67. The number of pyridine rings is 1. The third-order valence-electron chi connectivity index (χ3n) is 5.28. The van der Waals surface area contributed by atoms with E-state index in [0.29, 0.717) is 6.10 Å². The highest BCUT2D eigenvalue weighted by Gasteiger charge is 2.27. The molecule has 4 rings (SSSR count). The van der Waals surface area contributed by atoms with Crippen LogP contribution in [0.4, 0.5) is 0 Å². The van der Waals surface area contributed by atoms with Gasteiger partial charge >= 0.3 is 0 Å². The quantitative estimate of drug-likeness (QED) is 0.690. The van der Waals surface area contributed by atoms with Gasteiger partial charge in [0.2, 0.25) is 0 Å². The number of ether oxygens (including phenoxy) is 1. The normalized spacial score (nSPS) is 16.9. The predicted molar refractivity (Wildman–Crippen MR) is 106 cm³/mol. The van der Waals surface area contributed by atoms with Gasteiger partial charge in [-0.05, 0) is 69.0 Å². The summed E-state index contributed by atoms with van der Waals surface area (Å²) in [5.41, 5.74) is 3.58. The molecule has 0 bridgehead atoms. The number of aromatic nitrogens is 2. The van der Waals surface area contributed by atoms with E-state index in [0.717, 1.165) is 37.3 Å². The van der Waals surface area contributed by atoms with E-state index in [-0.39, 0.29) is 5.54 Å². The largest absolute Gasteiger partial charge is 0.490 e. The molecular formula is C22H27N3O. The Hall–Kier alpha value is -2.33. The Morgan fingerprint density at radius 3 is 2.38 bits per heavy atom. The minimum Gasteiger partial charge on any atom is -0.490 e. The maximum absolute atomic E-state index is 6.22. The molecule has 1 aromatic carbocycles. The number of likely N-dealkylation sites (tertiary alicyclic amines) is 1. The van der Waals surface area contributed by atoms with Crippen LogP contribution in [0.15, 0.2) is 55.0 Å². The molecule has 2 aromatic heterocycles. The molecule has 1 aliphatic rings. The lowest BCUT2D eigenvalue weighted by Gasteiger charge is -2.40. The minimum absolute atomic E-state index is 0.253. The van der Waals surface area contributed by atoms with Crippen LogP contribution in [-0.2, 0) is 0 Å². The van der Waals surface area contributed by atoms with Crippen molar-refractivity contribution >= 4 is 5.65 Å². The van der Waals surface area contributed by atoms with Crippen molar-refractivity contribution in [3.63, 3.8) is 0 Å². The van der Waals surface area contributed by atoms with E-state index in [1.807, 2.05) is 23.0 Å². The fourth-order valence-electron chi connectivity index (χ4n) is 3.65. The van der Waals surface area contributed by atoms with Gasteiger partial charge in [0.1, 0.15) is 17.5 Å². The van der Waals surface area contributed by atoms with Crippen LogP contribution in [0.3, 0.4) is 0 Å². The van der Waals surface area contributed by atoms with E-state index in [4.69, 9.17) is 4.74 Å². The van der Waals surface area contributed by atoms with Crippen molar-refractivity contribution < 1.29 is 4.74 Å². The van der Waals surface area contributed by atoms with Crippen LogP contribution in [0.5, 0.6) is 5.75 Å². The highest BCUT2D eigenvalue weighted by atomic mass is 16.5. The van der Waals surface area contributed by atoms with Crippen LogP contribution in [-0.4, -0.2) is 39.0 Å². The van der Waals surface area contributed by atoms with Crippen molar-refractivity contribution in [2.45, 2.75) is 45.3 Å². The number of hydrogen-bond donors (Lipinski definition) is 0. The third-order valence-corrected chi connectivity index (χ3v) is 5.28. The van der Waals surface area contributed by atoms with Crippen molar-refractivity contribution in [2.75, 3.05) is 13.1 Å². The standard InChI is InChI=1S/C22H27N3O/c1-22(2,3)25-13-9-20(10-14-25)26-19-6-4-17(5-7-19)18-8-12-24-15-11-23-21(24)16-18/h4-8,11-12,15-16,20H,9-10,13-14H2,1-3H3. The Morgan fingerprint density at radius 2 is 1.69 bits per heavy atom. The molecule has 1 saturated heterocycles. The van der Waals surface area contributed by atoms with Crippen molar-refractivity contribution in [2.24, 2.45) is 0 Å². The molecule has 4 heteroatoms. The summed E-state index contributed by atoms with van der Waals surface area (Å²) in [6.07, 6.45) is 8.33. The third kappa shape index (κ3) is 3.61. The van der Waals surface area contributed by atoms with Gasteiger partial charge in [-0.25, -0.2) is 4.98 Å². The minimum atomic E-state index is 0.253. The number of piperidine rings is 1. The average Bonchev–Trinajstić information content (AvgIpc) is 3.10.